The number of hydrogen-bond donors (Lipinski definition) is 2. The van der Waals surface area contributed by atoms with E-state index in [9.17, 15) is 9.59 Å². The summed E-state index contributed by atoms with van der Waals surface area (Å²) in [5, 5.41) is 5.62. The van der Waals surface area contributed by atoms with Gasteiger partial charge in [0.15, 0.2) is 0 Å². The first-order chi connectivity index (χ1) is 8.58. The van der Waals surface area contributed by atoms with Crippen LogP contribution >= 0.6 is 0 Å². The number of nitrogens with zero attached hydrogens (tertiary/aromatic N) is 1. The lowest BCUT2D eigenvalue weighted by Gasteiger charge is -2.01. The molecule has 0 saturated heterocycles. The highest BCUT2D eigenvalue weighted by Gasteiger charge is 2.13. The molecule has 6 nitrogen and oxygen atoms in total. The molecule has 2 N–H and O–H groups in total. The summed E-state index contributed by atoms with van der Waals surface area (Å²) in [5.74, 6) is -0.485. The first-order valence-corrected chi connectivity index (χ1v) is 5.86. The van der Waals surface area contributed by atoms with E-state index in [1.165, 1.54) is 0 Å². The van der Waals surface area contributed by atoms with Crippen LogP contribution in [-0.2, 0) is 16.6 Å². The van der Waals surface area contributed by atoms with Crippen molar-refractivity contribution in [3.05, 3.63) is 18.0 Å². The van der Waals surface area contributed by atoms with Gasteiger partial charge >= 0.3 is 5.97 Å². The fourth-order valence-electron chi connectivity index (χ4n) is 1.50. The minimum Gasteiger partial charge on any atom is -0.461 e. The first kappa shape index (κ1) is 14.2. The summed E-state index contributed by atoms with van der Waals surface area (Å²) in [7, 11) is 3.52. The van der Waals surface area contributed by atoms with Crippen LogP contribution in [-0.4, -0.2) is 36.6 Å². The van der Waals surface area contributed by atoms with Crippen LogP contribution in [0.1, 0.15) is 23.8 Å². The van der Waals surface area contributed by atoms with E-state index in [0.29, 0.717) is 31.0 Å². The Kier molecular flexibility index (Phi) is 5.38. The Bertz CT molecular complexity index is 426. The molecule has 0 aliphatic rings. The third-order valence-electron chi connectivity index (χ3n) is 2.38. The average Bonchev–Trinajstić information content (AvgIpc) is 2.68. The molecule has 0 radical (unpaired) electrons. The maximum absolute atomic E-state index is 11.6. The smallest absolute Gasteiger partial charge is 0.355 e. The number of esters is 1. The Labute approximate surface area is 106 Å². The van der Waals surface area contributed by atoms with Gasteiger partial charge in [0.2, 0.25) is 5.91 Å². The zero-order valence-corrected chi connectivity index (χ0v) is 10.9. The molecule has 1 aromatic rings. The van der Waals surface area contributed by atoms with E-state index in [2.05, 4.69) is 10.6 Å². The Morgan fingerprint density at radius 3 is 2.78 bits per heavy atom. The molecule has 0 fully saturated rings. The lowest BCUT2D eigenvalue weighted by atomic mass is 10.3. The van der Waals surface area contributed by atoms with Crippen molar-refractivity contribution in [3.8, 4) is 0 Å². The van der Waals surface area contributed by atoms with Crippen LogP contribution in [0.25, 0.3) is 0 Å². The molecule has 0 saturated carbocycles. The number of hydrogen-bond acceptors (Lipinski definition) is 4. The molecule has 6 heteroatoms. The molecule has 1 heterocycles. The van der Waals surface area contributed by atoms with Crippen molar-refractivity contribution in [2.24, 2.45) is 7.05 Å². The highest BCUT2D eigenvalue weighted by atomic mass is 16.5. The maximum atomic E-state index is 11.6. The lowest BCUT2D eigenvalue weighted by molar-refractivity contribution is -0.116. The van der Waals surface area contributed by atoms with E-state index < -0.39 is 5.97 Å². The van der Waals surface area contributed by atoms with Gasteiger partial charge in [-0.15, -0.1) is 0 Å². The second-order valence-electron chi connectivity index (χ2n) is 3.85. The predicted molar refractivity (Wildman–Crippen MR) is 68.5 cm³/mol. The van der Waals surface area contributed by atoms with Crippen LogP contribution in [0.5, 0.6) is 0 Å². The zero-order chi connectivity index (χ0) is 13.5. The molecule has 0 aliphatic heterocycles. The highest BCUT2D eigenvalue weighted by Crippen LogP contribution is 2.14. The summed E-state index contributed by atoms with van der Waals surface area (Å²) in [6.45, 7) is 2.69. The van der Waals surface area contributed by atoms with Gasteiger partial charge in [-0.1, -0.05) is 0 Å². The quantitative estimate of drug-likeness (QED) is 0.734. The summed E-state index contributed by atoms with van der Waals surface area (Å²) >= 11 is 0. The SMILES string of the molecule is CCOC(=O)c1cc(NC(=O)CCNC)cn1C. The van der Waals surface area contributed by atoms with Crippen molar-refractivity contribution in [1.29, 1.82) is 0 Å². The summed E-state index contributed by atoms with van der Waals surface area (Å²) in [6.07, 6.45) is 2.07. The number of amides is 1. The summed E-state index contributed by atoms with van der Waals surface area (Å²) < 4.78 is 6.54. The molecule has 0 unspecified atom stereocenters. The third-order valence-corrected chi connectivity index (χ3v) is 2.38. The average molecular weight is 253 g/mol. The Balaban J connectivity index is 2.66. The Hall–Kier alpha value is -1.82. The topological polar surface area (TPSA) is 72.4 Å². The number of anilines is 1. The largest absolute Gasteiger partial charge is 0.461 e. The Morgan fingerprint density at radius 1 is 1.44 bits per heavy atom. The molecule has 1 amide bonds. The van der Waals surface area contributed by atoms with Gasteiger partial charge in [0.25, 0.3) is 0 Å². The van der Waals surface area contributed by atoms with Crippen molar-refractivity contribution in [1.82, 2.24) is 9.88 Å². The van der Waals surface area contributed by atoms with Crippen LogP contribution in [0, 0.1) is 0 Å². The fraction of sp³-hybridized carbons (Fsp3) is 0.500. The van der Waals surface area contributed by atoms with Gasteiger partial charge in [0.05, 0.1) is 12.3 Å². The van der Waals surface area contributed by atoms with E-state index in [4.69, 9.17) is 4.74 Å². The molecular weight excluding hydrogens is 234 g/mol. The maximum Gasteiger partial charge on any atom is 0.355 e. The van der Waals surface area contributed by atoms with Crippen LogP contribution in [0.3, 0.4) is 0 Å². The van der Waals surface area contributed by atoms with Crippen LogP contribution in [0.4, 0.5) is 5.69 Å². The van der Waals surface area contributed by atoms with Gasteiger partial charge in [-0.05, 0) is 20.0 Å². The van der Waals surface area contributed by atoms with Crippen LogP contribution in [0.15, 0.2) is 12.3 Å². The minimum atomic E-state index is -0.393. The van der Waals surface area contributed by atoms with Gasteiger partial charge in [0.1, 0.15) is 5.69 Å². The summed E-state index contributed by atoms with van der Waals surface area (Å²) in [6, 6.07) is 1.61. The van der Waals surface area contributed by atoms with E-state index >= 15 is 0 Å². The monoisotopic (exact) mass is 253 g/mol. The van der Waals surface area contributed by atoms with E-state index in [1.54, 1.807) is 37.8 Å². The molecule has 0 atom stereocenters. The van der Waals surface area contributed by atoms with Crippen molar-refractivity contribution >= 4 is 17.6 Å². The molecule has 100 valence electrons. The summed E-state index contributed by atoms with van der Waals surface area (Å²) in [5.41, 5.74) is 1.02. The number of carbonyl (C=O) groups excluding carboxylic acids is 2. The van der Waals surface area contributed by atoms with Gasteiger partial charge in [-0.3, -0.25) is 4.79 Å². The third kappa shape index (κ3) is 3.89. The first-order valence-electron chi connectivity index (χ1n) is 5.86. The van der Waals surface area contributed by atoms with Crippen molar-refractivity contribution < 1.29 is 14.3 Å². The molecule has 0 aliphatic carbocycles. The van der Waals surface area contributed by atoms with Gasteiger partial charge < -0.3 is 19.9 Å². The zero-order valence-electron chi connectivity index (χ0n) is 10.9. The molecule has 1 rings (SSSR count). The van der Waals surface area contributed by atoms with Gasteiger partial charge in [-0.25, -0.2) is 4.79 Å². The lowest BCUT2D eigenvalue weighted by Crippen LogP contribution is -2.18. The number of carbonyl (C=O) groups is 2. The number of nitrogens with one attached hydrogen (secondary N) is 2. The fourth-order valence-corrected chi connectivity index (χ4v) is 1.50. The number of aromatic nitrogens is 1. The molecule has 0 spiro atoms. The van der Waals surface area contributed by atoms with Gasteiger partial charge in [0, 0.05) is 26.2 Å². The number of ether oxygens (including phenoxy) is 1. The molecule has 1 aromatic heterocycles. The molecular formula is C12H19N3O3. The highest BCUT2D eigenvalue weighted by molar-refractivity contribution is 5.94. The number of rotatable bonds is 6. The van der Waals surface area contributed by atoms with Crippen LogP contribution < -0.4 is 10.6 Å². The Morgan fingerprint density at radius 2 is 2.17 bits per heavy atom. The van der Waals surface area contributed by atoms with Crippen molar-refractivity contribution in [2.75, 3.05) is 25.5 Å². The minimum absolute atomic E-state index is 0.0923. The molecule has 0 aromatic carbocycles. The van der Waals surface area contributed by atoms with E-state index in [0.717, 1.165) is 0 Å². The molecule has 0 bridgehead atoms. The second kappa shape index (κ2) is 6.80. The normalized spacial score (nSPS) is 10.2. The van der Waals surface area contributed by atoms with Gasteiger partial charge in [-0.2, -0.15) is 0 Å². The number of aryl methyl sites for hydroxylation is 1. The molecule has 18 heavy (non-hydrogen) atoms. The van der Waals surface area contributed by atoms with Crippen molar-refractivity contribution in [3.63, 3.8) is 0 Å². The predicted octanol–water partition coefficient (Wildman–Crippen LogP) is 0.750. The van der Waals surface area contributed by atoms with E-state index in [-0.39, 0.29) is 5.91 Å². The van der Waals surface area contributed by atoms with Crippen LogP contribution in [0.2, 0.25) is 0 Å². The second-order valence-corrected chi connectivity index (χ2v) is 3.85. The standard InChI is InChI=1S/C12H19N3O3/c1-4-18-12(17)10-7-9(8-15(10)3)14-11(16)5-6-13-2/h7-8,13H,4-6H2,1-3H3,(H,14,16). The summed E-state index contributed by atoms with van der Waals surface area (Å²) in [4.78, 5) is 23.1. The van der Waals surface area contributed by atoms with Crippen molar-refractivity contribution in [2.45, 2.75) is 13.3 Å². The van der Waals surface area contributed by atoms with E-state index in [1.807, 2.05) is 0 Å².